The molecule has 8 heteroatoms. The van der Waals surface area contributed by atoms with Gasteiger partial charge in [-0.25, -0.2) is 26.3 Å². The Morgan fingerprint density at radius 2 is 1.12 bits per heavy atom. The number of hydrogen-bond donors (Lipinski definition) is 2. The molecule has 0 amide bonds. The summed E-state index contributed by atoms with van der Waals surface area (Å²) in [6.45, 7) is -2.84. The molecule has 0 radical (unpaired) electrons. The van der Waals surface area contributed by atoms with E-state index in [1.54, 1.807) is 0 Å². The SMILES string of the molecule is OCCC(F)(F)CC(F)(F)CC(F)(F)CO. The number of rotatable bonds is 7. The smallest absolute Gasteiger partial charge is 0.276 e. The third-order valence-electron chi connectivity index (χ3n) is 1.74. The molecule has 0 aromatic rings. The fourth-order valence-corrected chi connectivity index (χ4v) is 1.13. The van der Waals surface area contributed by atoms with Crippen LogP contribution in [0.4, 0.5) is 26.3 Å². The summed E-state index contributed by atoms with van der Waals surface area (Å²) in [5.41, 5.74) is 0. The Kier molecular flexibility index (Phi) is 5.06. The summed E-state index contributed by atoms with van der Waals surface area (Å²) < 4.78 is 75.6. The van der Waals surface area contributed by atoms with Gasteiger partial charge < -0.3 is 10.2 Å². The van der Waals surface area contributed by atoms with Gasteiger partial charge in [-0.05, 0) is 0 Å². The lowest BCUT2D eigenvalue weighted by Crippen LogP contribution is -2.37. The molecule has 0 saturated heterocycles. The van der Waals surface area contributed by atoms with E-state index in [0.29, 0.717) is 0 Å². The Morgan fingerprint density at radius 3 is 1.50 bits per heavy atom. The Morgan fingerprint density at radius 1 is 0.688 bits per heavy atom. The highest BCUT2D eigenvalue weighted by molar-refractivity contribution is 4.82. The molecule has 0 fully saturated rings. The van der Waals surface area contributed by atoms with Gasteiger partial charge >= 0.3 is 0 Å². The van der Waals surface area contributed by atoms with Crippen molar-refractivity contribution in [3.63, 3.8) is 0 Å². The monoisotopic (exact) mass is 254 g/mol. The highest BCUT2D eigenvalue weighted by Crippen LogP contribution is 2.39. The van der Waals surface area contributed by atoms with Crippen LogP contribution >= 0.6 is 0 Å². The van der Waals surface area contributed by atoms with Crippen LogP contribution in [0.3, 0.4) is 0 Å². The average Bonchev–Trinajstić information content (AvgIpc) is 1.99. The molecule has 2 nitrogen and oxygen atoms in total. The van der Waals surface area contributed by atoms with Crippen LogP contribution in [0.2, 0.25) is 0 Å². The molecule has 0 aromatic carbocycles. The van der Waals surface area contributed by atoms with Crippen LogP contribution in [0.1, 0.15) is 19.3 Å². The summed E-state index contributed by atoms with van der Waals surface area (Å²) in [6, 6.07) is 0. The highest BCUT2D eigenvalue weighted by Gasteiger charge is 2.48. The van der Waals surface area contributed by atoms with Crippen molar-refractivity contribution >= 4 is 0 Å². The zero-order chi connectivity index (χ0) is 13.0. The predicted molar refractivity (Wildman–Crippen MR) is 42.9 cm³/mol. The van der Waals surface area contributed by atoms with Gasteiger partial charge in [0.2, 0.25) is 0 Å². The Balaban J connectivity index is 4.45. The maximum absolute atomic E-state index is 12.8. The number of halogens is 6. The summed E-state index contributed by atoms with van der Waals surface area (Å²) in [6.07, 6.45) is -5.43. The van der Waals surface area contributed by atoms with Crippen molar-refractivity contribution < 1.29 is 36.6 Å². The van der Waals surface area contributed by atoms with Gasteiger partial charge in [-0.3, -0.25) is 0 Å². The van der Waals surface area contributed by atoms with Gasteiger partial charge in [0, 0.05) is 13.0 Å². The molecule has 0 atom stereocenters. The van der Waals surface area contributed by atoms with E-state index in [9.17, 15) is 26.3 Å². The normalized spacial score (nSPS) is 14.2. The van der Waals surface area contributed by atoms with E-state index >= 15 is 0 Å². The molecular formula is C8H12F6O2. The highest BCUT2D eigenvalue weighted by atomic mass is 19.3. The molecule has 0 rings (SSSR count). The topological polar surface area (TPSA) is 40.5 Å². The first-order chi connectivity index (χ1) is 7.04. The van der Waals surface area contributed by atoms with E-state index in [2.05, 4.69) is 0 Å². The van der Waals surface area contributed by atoms with Crippen molar-refractivity contribution in [3.8, 4) is 0 Å². The fourth-order valence-electron chi connectivity index (χ4n) is 1.13. The molecule has 0 unspecified atom stereocenters. The molecule has 16 heavy (non-hydrogen) atoms. The van der Waals surface area contributed by atoms with Crippen molar-refractivity contribution in [1.82, 2.24) is 0 Å². The second-order valence-electron chi connectivity index (χ2n) is 3.55. The largest absolute Gasteiger partial charge is 0.396 e. The third-order valence-corrected chi connectivity index (χ3v) is 1.74. The first-order valence-electron chi connectivity index (χ1n) is 4.39. The van der Waals surface area contributed by atoms with Crippen molar-refractivity contribution in [2.45, 2.75) is 37.0 Å². The standard InChI is InChI=1S/C8H12F6O2/c9-6(10,1-2-15)3-7(11,12)4-8(13,14)5-16/h15-16H,1-5H2. The lowest BCUT2D eigenvalue weighted by molar-refractivity contribution is -0.169. The number of aliphatic hydroxyl groups is 2. The lowest BCUT2D eigenvalue weighted by Gasteiger charge is -2.25. The van der Waals surface area contributed by atoms with Gasteiger partial charge in [-0.1, -0.05) is 0 Å². The van der Waals surface area contributed by atoms with Gasteiger partial charge in [0.05, 0.1) is 12.8 Å². The Hall–Kier alpha value is -0.500. The molecule has 0 aliphatic carbocycles. The molecule has 0 spiro atoms. The van der Waals surface area contributed by atoms with E-state index in [4.69, 9.17) is 10.2 Å². The minimum atomic E-state index is -4.30. The molecule has 0 saturated carbocycles. The molecule has 2 N–H and O–H groups in total. The van der Waals surface area contributed by atoms with Gasteiger partial charge in [-0.15, -0.1) is 0 Å². The van der Waals surface area contributed by atoms with E-state index in [1.165, 1.54) is 0 Å². The second kappa shape index (κ2) is 5.22. The van der Waals surface area contributed by atoms with Crippen LogP contribution in [-0.4, -0.2) is 41.2 Å². The van der Waals surface area contributed by atoms with Crippen LogP contribution in [0, 0.1) is 0 Å². The first kappa shape index (κ1) is 15.5. The van der Waals surface area contributed by atoms with Crippen molar-refractivity contribution in [1.29, 1.82) is 0 Å². The summed E-state index contributed by atoms with van der Waals surface area (Å²) >= 11 is 0. The molecule has 0 aliphatic rings. The molecular weight excluding hydrogens is 242 g/mol. The summed E-state index contributed by atoms with van der Waals surface area (Å²) in [5.74, 6) is -12.3. The minimum Gasteiger partial charge on any atom is -0.396 e. The Labute approximate surface area is 87.9 Å². The second-order valence-corrected chi connectivity index (χ2v) is 3.55. The zero-order valence-electron chi connectivity index (χ0n) is 8.20. The van der Waals surface area contributed by atoms with Gasteiger partial charge in [0.25, 0.3) is 17.8 Å². The van der Waals surface area contributed by atoms with Crippen molar-refractivity contribution in [2.75, 3.05) is 13.2 Å². The molecule has 0 aromatic heterocycles. The number of alkyl halides is 6. The summed E-state index contributed by atoms with van der Waals surface area (Å²) in [7, 11) is 0. The first-order valence-corrected chi connectivity index (χ1v) is 4.39. The van der Waals surface area contributed by atoms with Crippen LogP contribution < -0.4 is 0 Å². The van der Waals surface area contributed by atoms with Crippen LogP contribution in [0.15, 0.2) is 0 Å². The predicted octanol–water partition coefficient (Wildman–Crippen LogP) is 2.05. The fraction of sp³-hybridized carbons (Fsp3) is 1.00. The maximum atomic E-state index is 12.8. The van der Waals surface area contributed by atoms with Gasteiger partial charge in [0.15, 0.2) is 0 Å². The molecule has 98 valence electrons. The summed E-state index contributed by atoms with van der Waals surface area (Å²) in [4.78, 5) is 0. The average molecular weight is 254 g/mol. The molecule has 0 aliphatic heterocycles. The van der Waals surface area contributed by atoms with Gasteiger partial charge in [-0.2, -0.15) is 0 Å². The quantitative estimate of drug-likeness (QED) is 0.682. The Bertz CT molecular complexity index is 219. The van der Waals surface area contributed by atoms with E-state index in [1.807, 2.05) is 0 Å². The number of hydrogen-bond acceptors (Lipinski definition) is 2. The van der Waals surface area contributed by atoms with Crippen LogP contribution in [0.5, 0.6) is 0 Å². The van der Waals surface area contributed by atoms with Crippen molar-refractivity contribution in [2.24, 2.45) is 0 Å². The van der Waals surface area contributed by atoms with Gasteiger partial charge in [0.1, 0.15) is 6.61 Å². The summed E-state index contributed by atoms with van der Waals surface area (Å²) in [5, 5.41) is 16.2. The van der Waals surface area contributed by atoms with E-state index in [0.717, 1.165) is 0 Å². The number of aliphatic hydroxyl groups excluding tert-OH is 2. The molecule has 0 bridgehead atoms. The van der Waals surface area contributed by atoms with Crippen molar-refractivity contribution in [3.05, 3.63) is 0 Å². The van der Waals surface area contributed by atoms with E-state index < -0.39 is 50.2 Å². The van der Waals surface area contributed by atoms with E-state index in [-0.39, 0.29) is 0 Å². The molecule has 0 heterocycles. The maximum Gasteiger partial charge on any atom is 0.276 e. The third kappa shape index (κ3) is 6.16. The van der Waals surface area contributed by atoms with Crippen LogP contribution in [-0.2, 0) is 0 Å². The minimum absolute atomic E-state index is 1.01. The van der Waals surface area contributed by atoms with Crippen LogP contribution in [0.25, 0.3) is 0 Å². The zero-order valence-corrected chi connectivity index (χ0v) is 8.20. The lowest BCUT2D eigenvalue weighted by atomic mass is 10.0.